The second-order valence-electron chi connectivity index (χ2n) is 5.56. The largest absolute Gasteiger partial charge is 0.391 e. The maximum Gasteiger partial charge on any atom is 0.180 e. The predicted molar refractivity (Wildman–Crippen MR) is 83.7 cm³/mol. The summed E-state index contributed by atoms with van der Waals surface area (Å²) < 4.78 is 1.84. The Balaban J connectivity index is 1.74. The molecule has 0 saturated carbocycles. The van der Waals surface area contributed by atoms with Gasteiger partial charge >= 0.3 is 0 Å². The van der Waals surface area contributed by atoms with E-state index in [2.05, 4.69) is 20.0 Å². The van der Waals surface area contributed by atoms with Crippen molar-refractivity contribution < 1.29 is 5.11 Å². The molecule has 0 bridgehead atoms. The average Bonchev–Trinajstić information content (AvgIpc) is 3.03. The van der Waals surface area contributed by atoms with Crippen LogP contribution in [0.5, 0.6) is 0 Å². The molecule has 1 aliphatic rings. The zero-order chi connectivity index (χ0) is 14.9. The zero-order valence-corrected chi connectivity index (χ0v) is 12.1. The molecule has 4 heterocycles. The van der Waals surface area contributed by atoms with Gasteiger partial charge in [0.05, 0.1) is 17.8 Å². The van der Waals surface area contributed by atoms with Crippen molar-refractivity contribution >= 4 is 11.3 Å². The fraction of sp³-hybridized carbons (Fsp3) is 0.312. The highest BCUT2D eigenvalue weighted by Crippen LogP contribution is 2.22. The minimum Gasteiger partial charge on any atom is -0.391 e. The van der Waals surface area contributed by atoms with Gasteiger partial charge < -0.3 is 10.0 Å². The number of nitrogens with zero attached hydrogens (tertiary/aromatic N) is 5. The fourth-order valence-electron chi connectivity index (χ4n) is 2.93. The number of hydrogen-bond donors (Lipinski definition) is 1. The lowest BCUT2D eigenvalue weighted by Crippen LogP contribution is -2.38. The van der Waals surface area contributed by atoms with Gasteiger partial charge in [-0.25, -0.2) is 14.5 Å². The van der Waals surface area contributed by atoms with Crippen molar-refractivity contribution in [1.29, 1.82) is 0 Å². The lowest BCUT2D eigenvalue weighted by Gasteiger charge is -2.31. The first-order chi connectivity index (χ1) is 10.8. The highest BCUT2D eigenvalue weighted by molar-refractivity contribution is 5.59. The van der Waals surface area contributed by atoms with Gasteiger partial charge in [0, 0.05) is 19.3 Å². The SMILES string of the molecule is OC1CCCN(c2ccnc(-c3cccc4ccnn34)n2)C1. The van der Waals surface area contributed by atoms with E-state index in [0.29, 0.717) is 12.4 Å². The van der Waals surface area contributed by atoms with E-state index in [1.54, 1.807) is 12.4 Å². The number of β-amino-alcohol motifs (C(OH)–C–C–N with tert-alkyl or cyclic N) is 1. The number of piperidine rings is 1. The van der Waals surface area contributed by atoms with Crippen LogP contribution < -0.4 is 4.90 Å². The van der Waals surface area contributed by atoms with Gasteiger partial charge in [0.25, 0.3) is 0 Å². The molecule has 112 valence electrons. The molecule has 1 aliphatic heterocycles. The standard InChI is InChI=1S/C16H17N5O/c22-13-4-2-10-20(11-13)15-7-8-17-16(19-15)14-5-1-3-12-6-9-18-21(12)14/h1,3,5-9,13,22H,2,4,10-11H2. The Morgan fingerprint density at radius 2 is 2.09 bits per heavy atom. The van der Waals surface area contributed by atoms with E-state index < -0.39 is 0 Å². The van der Waals surface area contributed by atoms with E-state index in [1.165, 1.54) is 0 Å². The van der Waals surface area contributed by atoms with Gasteiger partial charge in [0.2, 0.25) is 0 Å². The molecule has 0 radical (unpaired) electrons. The van der Waals surface area contributed by atoms with Crippen molar-refractivity contribution in [2.75, 3.05) is 18.0 Å². The van der Waals surface area contributed by atoms with E-state index in [1.807, 2.05) is 34.8 Å². The Hall–Kier alpha value is -2.47. The second kappa shape index (κ2) is 5.38. The number of fused-ring (bicyclic) bond motifs is 1. The monoisotopic (exact) mass is 295 g/mol. The highest BCUT2D eigenvalue weighted by Gasteiger charge is 2.19. The first-order valence-electron chi connectivity index (χ1n) is 7.50. The quantitative estimate of drug-likeness (QED) is 0.780. The Bertz CT molecular complexity index is 800. The summed E-state index contributed by atoms with van der Waals surface area (Å²) in [4.78, 5) is 11.2. The van der Waals surface area contributed by atoms with E-state index in [0.717, 1.165) is 36.4 Å². The van der Waals surface area contributed by atoms with Crippen LogP contribution in [-0.4, -0.2) is 43.9 Å². The summed E-state index contributed by atoms with van der Waals surface area (Å²) in [7, 11) is 0. The van der Waals surface area contributed by atoms with Crippen LogP contribution >= 0.6 is 0 Å². The zero-order valence-electron chi connectivity index (χ0n) is 12.1. The summed E-state index contributed by atoms with van der Waals surface area (Å²) in [6.07, 6.45) is 5.10. The predicted octanol–water partition coefficient (Wildman–Crippen LogP) is 1.75. The smallest absolute Gasteiger partial charge is 0.180 e. The van der Waals surface area contributed by atoms with E-state index in [-0.39, 0.29) is 6.10 Å². The molecule has 4 rings (SSSR count). The molecular formula is C16H17N5O. The molecule has 1 atom stereocenters. The molecule has 6 heteroatoms. The molecule has 0 spiro atoms. The molecule has 1 unspecified atom stereocenters. The second-order valence-corrected chi connectivity index (χ2v) is 5.56. The van der Waals surface area contributed by atoms with Crippen LogP contribution in [-0.2, 0) is 0 Å². The fourth-order valence-corrected chi connectivity index (χ4v) is 2.93. The van der Waals surface area contributed by atoms with Crippen molar-refractivity contribution in [3.05, 3.63) is 42.7 Å². The number of aliphatic hydroxyl groups excluding tert-OH is 1. The van der Waals surface area contributed by atoms with Gasteiger partial charge in [-0.05, 0) is 37.1 Å². The van der Waals surface area contributed by atoms with Crippen LogP contribution in [0, 0.1) is 0 Å². The molecule has 0 aromatic carbocycles. The number of rotatable bonds is 2. The van der Waals surface area contributed by atoms with Crippen molar-refractivity contribution in [3.8, 4) is 11.5 Å². The number of anilines is 1. The number of aliphatic hydroxyl groups is 1. The van der Waals surface area contributed by atoms with Gasteiger partial charge in [-0.2, -0.15) is 5.10 Å². The number of hydrogen-bond acceptors (Lipinski definition) is 5. The lowest BCUT2D eigenvalue weighted by molar-refractivity contribution is 0.154. The van der Waals surface area contributed by atoms with Crippen LogP contribution in [0.4, 0.5) is 5.82 Å². The molecule has 1 fully saturated rings. The number of aromatic nitrogens is 4. The third-order valence-corrected chi connectivity index (χ3v) is 4.01. The van der Waals surface area contributed by atoms with Gasteiger partial charge in [-0.1, -0.05) is 6.07 Å². The van der Waals surface area contributed by atoms with Crippen molar-refractivity contribution in [1.82, 2.24) is 19.6 Å². The highest BCUT2D eigenvalue weighted by atomic mass is 16.3. The Labute approximate surface area is 128 Å². The molecule has 0 amide bonds. The third kappa shape index (κ3) is 2.31. The maximum absolute atomic E-state index is 9.84. The van der Waals surface area contributed by atoms with Gasteiger partial charge in [-0.3, -0.25) is 0 Å². The minimum absolute atomic E-state index is 0.276. The number of pyridine rings is 1. The molecule has 1 saturated heterocycles. The Kier molecular flexibility index (Phi) is 3.23. The molecule has 1 N–H and O–H groups in total. The molecular weight excluding hydrogens is 278 g/mol. The van der Waals surface area contributed by atoms with Crippen molar-refractivity contribution in [2.24, 2.45) is 0 Å². The Morgan fingerprint density at radius 1 is 1.14 bits per heavy atom. The maximum atomic E-state index is 9.84. The summed E-state index contributed by atoms with van der Waals surface area (Å²) in [5, 5.41) is 14.2. The van der Waals surface area contributed by atoms with Crippen molar-refractivity contribution in [2.45, 2.75) is 18.9 Å². The summed E-state index contributed by atoms with van der Waals surface area (Å²) in [6.45, 7) is 1.54. The van der Waals surface area contributed by atoms with E-state index >= 15 is 0 Å². The molecule has 3 aromatic rings. The molecule has 3 aromatic heterocycles. The van der Waals surface area contributed by atoms with Crippen LogP contribution in [0.25, 0.3) is 17.0 Å². The van der Waals surface area contributed by atoms with Crippen LogP contribution in [0.2, 0.25) is 0 Å². The molecule has 6 nitrogen and oxygen atoms in total. The van der Waals surface area contributed by atoms with Gasteiger partial charge in [0.1, 0.15) is 11.5 Å². The summed E-state index contributed by atoms with van der Waals surface area (Å²) in [5.74, 6) is 1.50. The molecule has 0 aliphatic carbocycles. The van der Waals surface area contributed by atoms with Gasteiger partial charge in [-0.15, -0.1) is 0 Å². The van der Waals surface area contributed by atoms with E-state index in [4.69, 9.17) is 0 Å². The third-order valence-electron chi connectivity index (χ3n) is 4.01. The molecule has 22 heavy (non-hydrogen) atoms. The minimum atomic E-state index is -0.276. The normalized spacial score (nSPS) is 18.8. The first-order valence-corrected chi connectivity index (χ1v) is 7.50. The van der Waals surface area contributed by atoms with Crippen LogP contribution in [0.3, 0.4) is 0 Å². The van der Waals surface area contributed by atoms with Crippen molar-refractivity contribution in [3.63, 3.8) is 0 Å². The summed E-state index contributed by atoms with van der Waals surface area (Å²) in [6, 6.07) is 9.79. The topological polar surface area (TPSA) is 66.5 Å². The summed E-state index contributed by atoms with van der Waals surface area (Å²) in [5.41, 5.74) is 1.88. The summed E-state index contributed by atoms with van der Waals surface area (Å²) >= 11 is 0. The van der Waals surface area contributed by atoms with Crippen LogP contribution in [0.1, 0.15) is 12.8 Å². The van der Waals surface area contributed by atoms with Crippen LogP contribution in [0.15, 0.2) is 42.7 Å². The van der Waals surface area contributed by atoms with Gasteiger partial charge in [0.15, 0.2) is 5.82 Å². The average molecular weight is 295 g/mol. The lowest BCUT2D eigenvalue weighted by atomic mass is 10.1. The first kappa shape index (κ1) is 13.2. The Morgan fingerprint density at radius 3 is 3.00 bits per heavy atom. The van der Waals surface area contributed by atoms with E-state index in [9.17, 15) is 5.11 Å².